The first-order valence-electron chi connectivity index (χ1n) is 7.40. The van der Waals surface area contributed by atoms with Gasteiger partial charge in [0.05, 0.1) is 4.92 Å². The van der Waals surface area contributed by atoms with Gasteiger partial charge in [-0.2, -0.15) is 0 Å². The molecule has 1 N–H and O–H groups in total. The largest absolute Gasteiger partial charge is 0.372 e. The highest BCUT2D eigenvalue weighted by molar-refractivity contribution is 5.49. The van der Waals surface area contributed by atoms with Crippen molar-refractivity contribution in [3.05, 3.63) is 58.3 Å². The number of nitrogens with zero attached hydrogens (tertiary/aromatic N) is 3. The van der Waals surface area contributed by atoms with E-state index in [9.17, 15) is 10.1 Å². The van der Waals surface area contributed by atoms with Gasteiger partial charge in [0, 0.05) is 31.4 Å². The van der Waals surface area contributed by atoms with Gasteiger partial charge in [0.25, 0.3) is 5.69 Å². The second kappa shape index (κ2) is 6.43. The molecular formula is C16H18N4O2. The summed E-state index contributed by atoms with van der Waals surface area (Å²) in [5, 5.41) is 13.7. The number of hydrogen-bond acceptors (Lipinski definition) is 5. The van der Waals surface area contributed by atoms with Gasteiger partial charge in [0.15, 0.2) is 0 Å². The van der Waals surface area contributed by atoms with Crippen molar-refractivity contribution in [1.82, 2.24) is 4.98 Å². The molecule has 1 fully saturated rings. The third-order valence-electron chi connectivity index (χ3n) is 3.84. The van der Waals surface area contributed by atoms with E-state index in [-0.39, 0.29) is 5.69 Å². The molecule has 0 aliphatic carbocycles. The van der Waals surface area contributed by atoms with Crippen LogP contribution in [0.25, 0.3) is 0 Å². The molecule has 22 heavy (non-hydrogen) atoms. The lowest BCUT2D eigenvalue weighted by Gasteiger charge is -2.17. The number of benzene rings is 1. The summed E-state index contributed by atoms with van der Waals surface area (Å²) < 4.78 is 0. The van der Waals surface area contributed by atoms with Gasteiger partial charge in [0.1, 0.15) is 12.0 Å². The molecule has 0 unspecified atom stereocenters. The van der Waals surface area contributed by atoms with Gasteiger partial charge in [0.2, 0.25) is 0 Å². The first-order chi connectivity index (χ1) is 10.7. The molecule has 0 saturated carbocycles. The fourth-order valence-corrected chi connectivity index (χ4v) is 2.59. The lowest BCUT2D eigenvalue weighted by atomic mass is 10.2. The van der Waals surface area contributed by atoms with Crippen LogP contribution in [0.4, 0.5) is 17.2 Å². The van der Waals surface area contributed by atoms with Gasteiger partial charge in [-0.25, -0.2) is 4.98 Å². The van der Waals surface area contributed by atoms with Crippen molar-refractivity contribution < 1.29 is 4.92 Å². The highest BCUT2D eigenvalue weighted by Crippen LogP contribution is 2.20. The summed E-state index contributed by atoms with van der Waals surface area (Å²) in [6.07, 6.45) is 3.81. The van der Waals surface area contributed by atoms with E-state index in [1.54, 1.807) is 6.07 Å². The Bertz CT molecular complexity index is 634. The third kappa shape index (κ3) is 3.33. The Balaban J connectivity index is 1.57. The standard InChI is InChI=1S/C16H18N4O2/c21-20(22)15-7-8-16(18-12-15)17-11-13-3-5-14(6-4-13)19-9-1-2-10-19/h3-8,12H,1-2,9-11H2,(H,17,18). The van der Waals surface area contributed by atoms with Crippen molar-refractivity contribution >= 4 is 17.2 Å². The zero-order valence-electron chi connectivity index (χ0n) is 12.2. The maximum atomic E-state index is 10.6. The van der Waals surface area contributed by atoms with Crippen LogP contribution in [0.5, 0.6) is 0 Å². The lowest BCUT2D eigenvalue weighted by molar-refractivity contribution is -0.385. The molecule has 2 aromatic rings. The normalized spacial score (nSPS) is 14.1. The number of anilines is 2. The van der Waals surface area contributed by atoms with E-state index in [1.165, 1.54) is 30.8 Å². The number of hydrogen-bond donors (Lipinski definition) is 1. The predicted octanol–water partition coefficient (Wildman–Crippen LogP) is 3.20. The molecule has 1 aliphatic rings. The number of rotatable bonds is 5. The van der Waals surface area contributed by atoms with Crippen LogP contribution in [0.1, 0.15) is 18.4 Å². The Morgan fingerprint density at radius 2 is 1.86 bits per heavy atom. The minimum absolute atomic E-state index is 0.000478. The van der Waals surface area contributed by atoms with Crippen molar-refractivity contribution in [3.63, 3.8) is 0 Å². The smallest absolute Gasteiger partial charge is 0.287 e. The topological polar surface area (TPSA) is 71.3 Å². The molecule has 1 aromatic carbocycles. The molecule has 1 aromatic heterocycles. The fraction of sp³-hybridized carbons (Fsp3) is 0.312. The van der Waals surface area contributed by atoms with Gasteiger partial charge < -0.3 is 10.2 Å². The van der Waals surface area contributed by atoms with Crippen LogP contribution in [0.3, 0.4) is 0 Å². The molecule has 3 rings (SSSR count). The zero-order chi connectivity index (χ0) is 15.4. The van der Waals surface area contributed by atoms with E-state index in [4.69, 9.17) is 0 Å². The van der Waals surface area contributed by atoms with E-state index in [2.05, 4.69) is 39.5 Å². The second-order valence-electron chi connectivity index (χ2n) is 5.37. The SMILES string of the molecule is O=[N+]([O-])c1ccc(NCc2ccc(N3CCCC3)cc2)nc1. The summed E-state index contributed by atoms with van der Waals surface area (Å²) in [5.41, 5.74) is 2.43. The van der Waals surface area contributed by atoms with Crippen molar-refractivity contribution in [2.45, 2.75) is 19.4 Å². The highest BCUT2D eigenvalue weighted by Gasteiger charge is 2.11. The van der Waals surface area contributed by atoms with Crippen LogP contribution in [-0.2, 0) is 6.54 Å². The van der Waals surface area contributed by atoms with E-state index in [0.717, 1.165) is 18.7 Å². The Labute approximate surface area is 128 Å². The molecule has 2 heterocycles. The number of nitro groups is 1. The minimum Gasteiger partial charge on any atom is -0.372 e. The second-order valence-corrected chi connectivity index (χ2v) is 5.37. The van der Waals surface area contributed by atoms with Gasteiger partial charge in [-0.15, -0.1) is 0 Å². The number of aromatic nitrogens is 1. The van der Waals surface area contributed by atoms with Crippen LogP contribution >= 0.6 is 0 Å². The van der Waals surface area contributed by atoms with Crippen LogP contribution in [0, 0.1) is 10.1 Å². The van der Waals surface area contributed by atoms with Crippen LogP contribution in [-0.4, -0.2) is 23.0 Å². The maximum absolute atomic E-state index is 10.6. The van der Waals surface area contributed by atoms with Gasteiger partial charge in [-0.3, -0.25) is 10.1 Å². The van der Waals surface area contributed by atoms with Crippen LogP contribution in [0.15, 0.2) is 42.6 Å². The first-order valence-corrected chi connectivity index (χ1v) is 7.40. The summed E-state index contributed by atoms with van der Waals surface area (Å²) in [4.78, 5) is 16.6. The fourth-order valence-electron chi connectivity index (χ4n) is 2.59. The predicted molar refractivity (Wildman–Crippen MR) is 86.1 cm³/mol. The zero-order valence-corrected chi connectivity index (χ0v) is 12.2. The number of pyridine rings is 1. The van der Waals surface area contributed by atoms with Crippen molar-refractivity contribution in [1.29, 1.82) is 0 Å². The molecular weight excluding hydrogens is 280 g/mol. The van der Waals surface area contributed by atoms with E-state index < -0.39 is 4.92 Å². The summed E-state index contributed by atoms with van der Waals surface area (Å²) >= 11 is 0. The molecule has 114 valence electrons. The molecule has 0 radical (unpaired) electrons. The van der Waals surface area contributed by atoms with E-state index in [1.807, 2.05) is 0 Å². The van der Waals surface area contributed by atoms with E-state index >= 15 is 0 Å². The van der Waals surface area contributed by atoms with Crippen molar-refractivity contribution in [3.8, 4) is 0 Å². The first kappa shape index (κ1) is 14.3. The number of nitrogens with one attached hydrogen (secondary N) is 1. The average Bonchev–Trinajstić information content (AvgIpc) is 3.08. The van der Waals surface area contributed by atoms with Crippen molar-refractivity contribution in [2.24, 2.45) is 0 Å². The molecule has 0 amide bonds. The van der Waals surface area contributed by atoms with Crippen molar-refractivity contribution in [2.75, 3.05) is 23.3 Å². The summed E-state index contributed by atoms with van der Waals surface area (Å²) in [6.45, 7) is 2.93. The Morgan fingerprint density at radius 1 is 1.14 bits per heavy atom. The Morgan fingerprint density at radius 3 is 2.45 bits per heavy atom. The molecule has 0 atom stereocenters. The Kier molecular flexibility index (Phi) is 4.18. The minimum atomic E-state index is -0.451. The van der Waals surface area contributed by atoms with Gasteiger partial charge >= 0.3 is 0 Å². The summed E-state index contributed by atoms with van der Waals surface area (Å²) in [5.74, 6) is 0.634. The quantitative estimate of drug-likeness (QED) is 0.678. The highest BCUT2D eigenvalue weighted by atomic mass is 16.6. The summed E-state index contributed by atoms with van der Waals surface area (Å²) in [6, 6.07) is 11.6. The maximum Gasteiger partial charge on any atom is 0.287 e. The third-order valence-corrected chi connectivity index (χ3v) is 3.84. The van der Waals surface area contributed by atoms with E-state index in [0.29, 0.717) is 12.4 Å². The average molecular weight is 298 g/mol. The molecule has 6 heteroatoms. The monoisotopic (exact) mass is 298 g/mol. The molecule has 0 spiro atoms. The molecule has 1 saturated heterocycles. The van der Waals surface area contributed by atoms with Crippen LogP contribution < -0.4 is 10.2 Å². The Hall–Kier alpha value is -2.63. The van der Waals surface area contributed by atoms with Crippen LogP contribution in [0.2, 0.25) is 0 Å². The summed E-state index contributed by atoms with van der Waals surface area (Å²) in [7, 11) is 0. The molecule has 0 bridgehead atoms. The van der Waals surface area contributed by atoms with Gasteiger partial charge in [-0.05, 0) is 36.6 Å². The van der Waals surface area contributed by atoms with Gasteiger partial charge in [-0.1, -0.05) is 12.1 Å². The lowest BCUT2D eigenvalue weighted by Crippen LogP contribution is -2.17. The molecule has 1 aliphatic heterocycles. The molecule has 6 nitrogen and oxygen atoms in total.